The average molecular weight is 266 g/mol. The molecule has 1 aliphatic rings. The summed E-state index contributed by atoms with van der Waals surface area (Å²) in [5.74, 6) is 2.45. The molecule has 1 aliphatic heterocycles. The number of rotatable bonds is 2. The van der Waals surface area contributed by atoms with Crippen LogP contribution in [0.4, 0.5) is 0 Å². The van der Waals surface area contributed by atoms with Crippen LogP contribution in [0.1, 0.15) is 26.0 Å². The number of likely N-dealkylation sites (tertiary alicyclic amines) is 1. The fourth-order valence-corrected chi connectivity index (χ4v) is 3.26. The molecule has 1 saturated heterocycles. The average Bonchev–Trinajstić information content (AvgIpc) is 2.81. The van der Waals surface area contributed by atoms with Crippen molar-refractivity contribution in [2.24, 2.45) is 16.8 Å². The maximum atomic E-state index is 5.32. The highest BCUT2D eigenvalue weighted by atomic mass is 32.2. The minimum Gasteiger partial charge on any atom is -0.467 e. The molecule has 1 aromatic rings. The van der Waals surface area contributed by atoms with Crippen molar-refractivity contribution in [3.05, 3.63) is 24.2 Å². The molecule has 18 heavy (non-hydrogen) atoms. The Balaban J connectivity index is 2.00. The number of thioether (sulfide) groups is 1. The summed E-state index contributed by atoms with van der Waals surface area (Å²) in [4.78, 5) is 7.11. The van der Waals surface area contributed by atoms with E-state index in [2.05, 4.69) is 30.0 Å². The van der Waals surface area contributed by atoms with Crippen molar-refractivity contribution in [3.63, 3.8) is 0 Å². The van der Waals surface area contributed by atoms with Crippen LogP contribution < -0.4 is 0 Å². The van der Waals surface area contributed by atoms with Crippen LogP contribution >= 0.6 is 11.8 Å². The van der Waals surface area contributed by atoms with E-state index in [1.165, 1.54) is 6.42 Å². The number of piperidine rings is 1. The number of amidine groups is 1. The molecule has 0 amide bonds. The van der Waals surface area contributed by atoms with Crippen LogP contribution in [0.15, 0.2) is 27.8 Å². The number of furan rings is 1. The van der Waals surface area contributed by atoms with Gasteiger partial charge >= 0.3 is 0 Å². The Morgan fingerprint density at radius 1 is 1.44 bits per heavy atom. The van der Waals surface area contributed by atoms with Gasteiger partial charge in [-0.1, -0.05) is 25.6 Å². The zero-order valence-corrected chi connectivity index (χ0v) is 12.2. The van der Waals surface area contributed by atoms with Crippen LogP contribution in [0.5, 0.6) is 0 Å². The highest BCUT2D eigenvalue weighted by molar-refractivity contribution is 8.13. The lowest BCUT2D eigenvalue weighted by Gasteiger charge is -2.36. The summed E-state index contributed by atoms with van der Waals surface area (Å²) in [5.41, 5.74) is 0. The van der Waals surface area contributed by atoms with Crippen molar-refractivity contribution >= 4 is 16.9 Å². The lowest BCUT2D eigenvalue weighted by atomic mass is 9.92. The largest absolute Gasteiger partial charge is 0.467 e. The third-order valence-electron chi connectivity index (χ3n) is 3.27. The quantitative estimate of drug-likeness (QED) is 0.606. The Labute approximate surface area is 114 Å². The molecule has 0 aliphatic carbocycles. The molecule has 100 valence electrons. The van der Waals surface area contributed by atoms with Gasteiger partial charge in [-0.05, 0) is 36.6 Å². The third kappa shape index (κ3) is 3.55. The Bertz CT molecular complexity index is 379. The SMILES string of the molecule is CSC(=NCc1ccco1)N1CC(C)CC(C)C1. The first-order chi connectivity index (χ1) is 8.69. The van der Waals surface area contributed by atoms with Gasteiger partial charge in [0.15, 0.2) is 5.17 Å². The van der Waals surface area contributed by atoms with Gasteiger partial charge in [-0.15, -0.1) is 0 Å². The van der Waals surface area contributed by atoms with Gasteiger partial charge in [0, 0.05) is 13.1 Å². The molecule has 0 aromatic carbocycles. The summed E-state index contributed by atoms with van der Waals surface area (Å²) < 4.78 is 5.32. The Morgan fingerprint density at radius 2 is 2.17 bits per heavy atom. The molecule has 0 spiro atoms. The maximum absolute atomic E-state index is 5.32. The number of nitrogens with zero attached hydrogens (tertiary/aromatic N) is 2. The van der Waals surface area contributed by atoms with Crippen molar-refractivity contribution in [3.8, 4) is 0 Å². The molecule has 2 unspecified atom stereocenters. The minimum atomic E-state index is 0.641. The second-order valence-corrected chi connectivity index (χ2v) is 6.01. The van der Waals surface area contributed by atoms with E-state index in [1.807, 2.05) is 12.1 Å². The van der Waals surface area contributed by atoms with Crippen LogP contribution in [0.3, 0.4) is 0 Å². The molecule has 0 N–H and O–H groups in total. The van der Waals surface area contributed by atoms with Crippen LogP contribution in [0, 0.1) is 11.8 Å². The van der Waals surface area contributed by atoms with E-state index in [9.17, 15) is 0 Å². The lowest BCUT2D eigenvalue weighted by molar-refractivity contribution is 0.216. The van der Waals surface area contributed by atoms with Crippen LogP contribution in [0.2, 0.25) is 0 Å². The lowest BCUT2D eigenvalue weighted by Crippen LogP contribution is -2.41. The van der Waals surface area contributed by atoms with Crippen molar-refractivity contribution in [1.29, 1.82) is 0 Å². The first kappa shape index (κ1) is 13.5. The zero-order chi connectivity index (χ0) is 13.0. The first-order valence-corrected chi connectivity index (χ1v) is 7.77. The Kier molecular flexibility index (Phi) is 4.75. The first-order valence-electron chi connectivity index (χ1n) is 6.54. The van der Waals surface area contributed by atoms with Crippen molar-refractivity contribution < 1.29 is 4.42 Å². The highest BCUT2D eigenvalue weighted by Crippen LogP contribution is 2.23. The molecule has 0 bridgehead atoms. The van der Waals surface area contributed by atoms with Gasteiger partial charge in [0.05, 0.1) is 12.8 Å². The van der Waals surface area contributed by atoms with Crippen molar-refractivity contribution in [2.45, 2.75) is 26.8 Å². The molecule has 4 heteroatoms. The smallest absolute Gasteiger partial charge is 0.159 e. The van der Waals surface area contributed by atoms with E-state index in [0.717, 1.165) is 35.9 Å². The second-order valence-electron chi connectivity index (χ2n) is 5.23. The maximum Gasteiger partial charge on any atom is 0.159 e. The standard InChI is InChI=1S/C14H22N2OS/c1-11-7-12(2)10-16(9-11)14(18-3)15-8-13-5-4-6-17-13/h4-6,11-12H,7-10H2,1-3H3. The van der Waals surface area contributed by atoms with Crippen LogP contribution in [-0.2, 0) is 6.54 Å². The molecule has 0 radical (unpaired) electrons. The normalized spacial score (nSPS) is 25.5. The number of aliphatic imine (C=N–C) groups is 1. The van der Waals surface area contributed by atoms with Crippen LogP contribution in [-0.4, -0.2) is 29.4 Å². The zero-order valence-electron chi connectivity index (χ0n) is 11.4. The van der Waals surface area contributed by atoms with E-state index >= 15 is 0 Å². The molecular weight excluding hydrogens is 244 g/mol. The van der Waals surface area contributed by atoms with Gasteiger partial charge in [0.2, 0.25) is 0 Å². The predicted octanol–water partition coefficient (Wildman–Crippen LogP) is 3.48. The van der Waals surface area contributed by atoms with Crippen molar-refractivity contribution in [1.82, 2.24) is 4.90 Å². The number of hydrogen-bond donors (Lipinski definition) is 0. The summed E-state index contributed by atoms with van der Waals surface area (Å²) >= 11 is 1.74. The molecule has 2 atom stereocenters. The molecule has 0 saturated carbocycles. The molecule has 1 fully saturated rings. The van der Waals surface area contributed by atoms with Gasteiger partial charge in [0.25, 0.3) is 0 Å². The summed E-state index contributed by atoms with van der Waals surface area (Å²) in [7, 11) is 0. The van der Waals surface area contributed by atoms with Crippen molar-refractivity contribution in [2.75, 3.05) is 19.3 Å². The van der Waals surface area contributed by atoms with Gasteiger partial charge in [0.1, 0.15) is 5.76 Å². The molecule has 2 heterocycles. The Hall–Kier alpha value is -0.900. The Morgan fingerprint density at radius 3 is 2.72 bits per heavy atom. The predicted molar refractivity (Wildman–Crippen MR) is 77.9 cm³/mol. The van der Waals surface area contributed by atoms with E-state index < -0.39 is 0 Å². The molecule has 2 rings (SSSR count). The van der Waals surface area contributed by atoms with E-state index in [1.54, 1.807) is 18.0 Å². The van der Waals surface area contributed by atoms with Gasteiger partial charge < -0.3 is 9.32 Å². The number of hydrogen-bond acceptors (Lipinski definition) is 3. The topological polar surface area (TPSA) is 28.7 Å². The van der Waals surface area contributed by atoms with Gasteiger partial charge in [-0.2, -0.15) is 0 Å². The second kappa shape index (κ2) is 6.32. The summed E-state index contributed by atoms with van der Waals surface area (Å²) in [6.07, 6.45) is 5.13. The fourth-order valence-electron chi connectivity index (χ4n) is 2.66. The monoisotopic (exact) mass is 266 g/mol. The molecular formula is C14H22N2OS. The summed E-state index contributed by atoms with van der Waals surface area (Å²) in [6, 6.07) is 3.89. The summed E-state index contributed by atoms with van der Waals surface area (Å²) in [6.45, 7) is 7.55. The van der Waals surface area contributed by atoms with Crippen LogP contribution in [0.25, 0.3) is 0 Å². The summed E-state index contributed by atoms with van der Waals surface area (Å²) in [5, 5.41) is 1.14. The van der Waals surface area contributed by atoms with E-state index in [0.29, 0.717) is 6.54 Å². The fraction of sp³-hybridized carbons (Fsp3) is 0.643. The van der Waals surface area contributed by atoms with E-state index in [-0.39, 0.29) is 0 Å². The van der Waals surface area contributed by atoms with E-state index in [4.69, 9.17) is 4.42 Å². The minimum absolute atomic E-state index is 0.641. The van der Waals surface area contributed by atoms with Gasteiger partial charge in [-0.3, -0.25) is 4.99 Å². The van der Waals surface area contributed by atoms with Gasteiger partial charge in [-0.25, -0.2) is 0 Å². The highest BCUT2D eigenvalue weighted by Gasteiger charge is 2.23. The molecule has 1 aromatic heterocycles. The molecule has 3 nitrogen and oxygen atoms in total. The third-order valence-corrected chi connectivity index (χ3v) is 4.02.